The van der Waals surface area contributed by atoms with Crippen LogP contribution in [0.25, 0.3) is 0 Å². The average Bonchev–Trinajstić information content (AvgIpc) is 2.26. The monoisotopic (exact) mass is 264 g/mol. The van der Waals surface area contributed by atoms with Crippen LogP contribution in [0.2, 0.25) is 0 Å². The van der Waals surface area contributed by atoms with Crippen LogP contribution in [0.1, 0.15) is 27.2 Å². The molecule has 0 unspecified atom stereocenters. The Morgan fingerprint density at radius 2 is 2.06 bits per heavy atom. The zero-order valence-electron chi connectivity index (χ0n) is 10.8. The summed E-state index contributed by atoms with van der Waals surface area (Å²) in [6.07, 6.45) is 3.10. The third kappa shape index (κ3) is 9.24. The summed E-state index contributed by atoms with van der Waals surface area (Å²) in [6.45, 7) is 9.72. The maximum Gasteiger partial charge on any atom is 0.166 e. The standard InChI is InChI=1S/C11H24N2OS2/c1-5-14-8-6-7-12-10(15)13-9-11(2,3)16-4/h5-9H2,1-4H3,(H2,12,13,15). The lowest BCUT2D eigenvalue weighted by Gasteiger charge is -2.23. The van der Waals surface area contributed by atoms with Gasteiger partial charge in [-0.05, 0) is 45.7 Å². The minimum Gasteiger partial charge on any atom is -0.382 e. The molecule has 0 heterocycles. The van der Waals surface area contributed by atoms with Gasteiger partial charge >= 0.3 is 0 Å². The van der Waals surface area contributed by atoms with E-state index in [1.54, 1.807) is 0 Å². The fourth-order valence-electron chi connectivity index (χ4n) is 0.948. The number of thioether (sulfide) groups is 1. The van der Waals surface area contributed by atoms with Crippen LogP contribution < -0.4 is 10.6 Å². The first-order valence-electron chi connectivity index (χ1n) is 5.66. The van der Waals surface area contributed by atoms with Gasteiger partial charge in [-0.25, -0.2) is 0 Å². The van der Waals surface area contributed by atoms with Gasteiger partial charge in [0.05, 0.1) is 0 Å². The van der Waals surface area contributed by atoms with E-state index in [4.69, 9.17) is 17.0 Å². The summed E-state index contributed by atoms with van der Waals surface area (Å²) >= 11 is 7.01. The second-order valence-corrected chi connectivity index (χ2v) is 6.05. The Morgan fingerprint density at radius 3 is 2.62 bits per heavy atom. The predicted octanol–water partition coefficient (Wildman–Crippen LogP) is 2.02. The van der Waals surface area contributed by atoms with Crippen LogP contribution in [-0.2, 0) is 4.74 Å². The molecule has 0 fully saturated rings. The molecule has 3 nitrogen and oxygen atoms in total. The Morgan fingerprint density at radius 1 is 1.38 bits per heavy atom. The summed E-state index contributed by atoms with van der Waals surface area (Å²) in [5.74, 6) is 0. The molecule has 0 radical (unpaired) electrons. The minimum atomic E-state index is 0.219. The van der Waals surface area contributed by atoms with E-state index in [0.717, 1.165) is 37.8 Å². The molecule has 96 valence electrons. The van der Waals surface area contributed by atoms with Crippen molar-refractivity contribution in [3.63, 3.8) is 0 Å². The number of hydrogen-bond donors (Lipinski definition) is 2. The van der Waals surface area contributed by atoms with Crippen LogP contribution in [0.15, 0.2) is 0 Å². The second-order valence-electron chi connectivity index (χ2n) is 4.12. The number of hydrogen-bond acceptors (Lipinski definition) is 3. The summed E-state index contributed by atoms with van der Waals surface area (Å²) in [4.78, 5) is 0. The Kier molecular flexibility index (Phi) is 9.07. The molecule has 0 spiro atoms. The summed E-state index contributed by atoms with van der Waals surface area (Å²) in [5.41, 5.74) is 0. The molecule has 0 bridgehead atoms. The van der Waals surface area contributed by atoms with Crippen molar-refractivity contribution in [3.8, 4) is 0 Å². The predicted molar refractivity (Wildman–Crippen MR) is 77.3 cm³/mol. The maximum atomic E-state index is 5.24. The van der Waals surface area contributed by atoms with Gasteiger partial charge in [-0.2, -0.15) is 11.8 Å². The van der Waals surface area contributed by atoms with E-state index in [1.165, 1.54) is 0 Å². The number of nitrogens with one attached hydrogen (secondary N) is 2. The van der Waals surface area contributed by atoms with Crippen molar-refractivity contribution in [1.82, 2.24) is 10.6 Å². The van der Waals surface area contributed by atoms with E-state index >= 15 is 0 Å². The molecule has 0 amide bonds. The number of ether oxygens (including phenoxy) is 1. The Hall–Kier alpha value is 0. The first-order chi connectivity index (χ1) is 7.52. The average molecular weight is 264 g/mol. The van der Waals surface area contributed by atoms with Crippen LogP contribution in [0.5, 0.6) is 0 Å². The highest BCUT2D eigenvalue weighted by Gasteiger charge is 2.15. The molecule has 0 aliphatic heterocycles. The molecule has 0 atom stereocenters. The van der Waals surface area contributed by atoms with E-state index in [1.807, 2.05) is 18.7 Å². The minimum absolute atomic E-state index is 0.219. The van der Waals surface area contributed by atoms with E-state index in [-0.39, 0.29) is 4.75 Å². The molecule has 0 aromatic rings. The normalized spacial score (nSPS) is 11.2. The van der Waals surface area contributed by atoms with Crippen LogP contribution in [0.4, 0.5) is 0 Å². The zero-order valence-corrected chi connectivity index (χ0v) is 12.4. The van der Waals surface area contributed by atoms with Gasteiger partial charge in [0.1, 0.15) is 0 Å². The zero-order chi connectivity index (χ0) is 12.4. The smallest absolute Gasteiger partial charge is 0.166 e. The van der Waals surface area contributed by atoms with Crippen molar-refractivity contribution < 1.29 is 4.74 Å². The quantitative estimate of drug-likeness (QED) is 0.518. The first kappa shape index (κ1) is 16.0. The lowest BCUT2D eigenvalue weighted by Crippen LogP contribution is -2.42. The highest BCUT2D eigenvalue weighted by atomic mass is 32.2. The summed E-state index contributed by atoms with van der Waals surface area (Å²) in [5, 5.41) is 7.13. The van der Waals surface area contributed by atoms with Crippen LogP contribution >= 0.6 is 24.0 Å². The Labute approximate surface area is 109 Å². The van der Waals surface area contributed by atoms with E-state index in [2.05, 4.69) is 30.7 Å². The molecule has 5 heteroatoms. The summed E-state index contributed by atoms with van der Waals surface area (Å²) in [7, 11) is 0. The molecule has 0 aromatic carbocycles. The molecule has 0 rings (SSSR count). The van der Waals surface area contributed by atoms with Gasteiger partial charge in [0.15, 0.2) is 5.11 Å². The summed E-state index contributed by atoms with van der Waals surface area (Å²) < 4.78 is 5.46. The van der Waals surface area contributed by atoms with Crippen molar-refractivity contribution in [2.45, 2.75) is 31.9 Å². The van der Waals surface area contributed by atoms with Crippen molar-refractivity contribution in [2.24, 2.45) is 0 Å². The Bertz CT molecular complexity index is 198. The first-order valence-corrected chi connectivity index (χ1v) is 7.29. The fraction of sp³-hybridized carbons (Fsp3) is 0.909. The largest absolute Gasteiger partial charge is 0.382 e. The van der Waals surface area contributed by atoms with Gasteiger partial charge in [0.25, 0.3) is 0 Å². The van der Waals surface area contributed by atoms with Gasteiger partial charge in [0, 0.05) is 31.1 Å². The molecular weight excluding hydrogens is 240 g/mol. The van der Waals surface area contributed by atoms with Gasteiger partial charge in [-0.1, -0.05) is 0 Å². The van der Waals surface area contributed by atoms with Crippen LogP contribution in [0.3, 0.4) is 0 Å². The van der Waals surface area contributed by atoms with E-state index in [0.29, 0.717) is 0 Å². The van der Waals surface area contributed by atoms with Crippen LogP contribution in [-0.4, -0.2) is 42.4 Å². The third-order valence-corrected chi connectivity index (χ3v) is 3.72. The maximum absolute atomic E-state index is 5.24. The molecule has 16 heavy (non-hydrogen) atoms. The van der Waals surface area contributed by atoms with Gasteiger partial charge in [-0.15, -0.1) is 0 Å². The van der Waals surface area contributed by atoms with Crippen molar-refractivity contribution in [2.75, 3.05) is 32.6 Å². The van der Waals surface area contributed by atoms with Gasteiger partial charge in [-0.3, -0.25) is 0 Å². The van der Waals surface area contributed by atoms with Crippen molar-refractivity contribution >= 4 is 29.1 Å². The SMILES string of the molecule is CCOCCCNC(=S)NCC(C)(C)SC. The van der Waals surface area contributed by atoms with Crippen LogP contribution in [0, 0.1) is 0 Å². The van der Waals surface area contributed by atoms with Crippen molar-refractivity contribution in [1.29, 1.82) is 0 Å². The Balaban J connectivity index is 3.45. The molecule has 0 aromatic heterocycles. The number of rotatable bonds is 8. The topological polar surface area (TPSA) is 33.3 Å². The molecule has 0 saturated carbocycles. The van der Waals surface area contributed by atoms with Gasteiger partial charge < -0.3 is 15.4 Å². The van der Waals surface area contributed by atoms with Crippen molar-refractivity contribution in [3.05, 3.63) is 0 Å². The molecule has 0 saturated heterocycles. The highest BCUT2D eigenvalue weighted by Crippen LogP contribution is 2.19. The lowest BCUT2D eigenvalue weighted by molar-refractivity contribution is 0.145. The molecule has 0 aliphatic rings. The molecule has 0 aliphatic carbocycles. The number of thiocarbonyl (C=S) groups is 1. The fourth-order valence-corrected chi connectivity index (χ4v) is 1.34. The lowest BCUT2D eigenvalue weighted by atomic mass is 10.2. The molecular formula is C11H24N2OS2. The molecule has 2 N–H and O–H groups in total. The van der Waals surface area contributed by atoms with E-state index in [9.17, 15) is 0 Å². The highest BCUT2D eigenvalue weighted by molar-refractivity contribution is 7.99. The van der Waals surface area contributed by atoms with E-state index < -0.39 is 0 Å². The second kappa shape index (κ2) is 9.07. The van der Waals surface area contributed by atoms with Gasteiger partial charge in [0.2, 0.25) is 0 Å². The summed E-state index contributed by atoms with van der Waals surface area (Å²) in [6, 6.07) is 0. The third-order valence-electron chi connectivity index (χ3n) is 2.18.